The van der Waals surface area contributed by atoms with Crippen LogP contribution < -0.4 is 10.6 Å². The van der Waals surface area contributed by atoms with Gasteiger partial charge in [0.15, 0.2) is 0 Å². The van der Waals surface area contributed by atoms with Gasteiger partial charge in [0.05, 0.1) is 0 Å². The molecule has 0 unspecified atom stereocenters. The Hall–Kier alpha value is -0.0800. The molecular weight excluding hydrogens is 196 g/mol. The van der Waals surface area contributed by atoms with Crippen molar-refractivity contribution in [3.8, 4) is 0 Å². The lowest BCUT2D eigenvalue weighted by Gasteiger charge is -2.39. The van der Waals surface area contributed by atoms with E-state index in [1.807, 2.05) is 0 Å². The third kappa shape index (κ3) is 4.06. The normalized spacial score (nSPS) is 20.1. The molecule has 0 atom stereocenters. The average molecular weight is 226 g/mol. The highest BCUT2D eigenvalue weighted by molar-refractivity contribution is 4.84. The van der Waals surface area contributed by atoms with Crippen molar-refractivity contribution in [1.82, 2.24) is 10.6 Å². The zero-order valence-electron chi connectivity index (χ0n) is 11.8. The predicted octanol–water partition coefficient (Wildman–Crippen LogP) is 2.65. The topological polar surface area (TPSA) is 24.1 Å². The summed E-state index contributed by atoms with van der Waals surface area (Å²) in [5, 5.41) is 7.09. The van der Waals surface area contributed by atoms with E-state index in [1.165, 1.54) is 32.5 Å². The Bertz CT molecular complexity index is 197. The number of hydrogen-bond acceptors (Lipinski definition) is 2. The fraction of sp³-hybridized carbons (Fsp3) is 1.00. The van der Waals surface area contributed by atoms with Gasteiger partial charge in [0, 0.05) is 6.54 Å². The summed E-state index contributed by atoms with van der Waals surface area (Å²) in [5.74, 6) is 0.886. The number of hydrogen-bond donors (Lipinski definition) is 2. The lowest BCUT2D eigenvalue weighted by Crippen LogP contribution is -2.42. The van der Waals surface area contributed by atoms with Crippen molar-refractivity contribution >= 4 is 0 Å². The molecule has 1 aliphatic rings. The lowest BCUT2D eigenvalue weighted by molar-refractivity contribution is 0.126. The molecule has 0 aliphatic carbocycles. The van der Waals surface area contributed by atoms with Crippen molar-refractivity contribution in [2.24, 2.45) is 16.7 Å². The smallest absolute Gasteiger partial charge is 0.000764 e. The zero-order chi connectivity index (χ0) is 12.2. The maximum absolute atomic E-state index is 3.67. The summed E-state index contributed by atoms with van der Waals surface area (Å²) >= 11 is 0. The van der Waals surface area contributed by atoms with Crippen LogP contribution in [0.3, 0.4) is 0 Å². The van der Waals surface area contributed by atoms with Gasteiger partial charge in [0.1, 0.15) is 0 Å². The first kappa shape index (κ1) is 14.0. The Morgan fingerprint density at radius 1 is 1.06 bits per heavy atom. The molecular formula is C14H30N2. The molecule has 1 fully saturated rings. The minimum absolute atomic E-state index is 0.361. The molecule has 0 aromatic rings. The van der Waals surface area contributed by atoms with Gasteiger partial charge >= 0.3 is 0 Å². The van der Waals surface area contributed by atoms with Crippen molar-refractivity contribution in [1.29, 1.82) is 0 Å². The van der Waals surface area contributed by atoms with Gasteiger partial charge in [-0.3, -0.25) is 0 Å². The molecule has 1 aliphatic heterocycles. The minimum Gasteiger partial charge on any atom is -0.317 e. The SMILES string of the molecule is CC(C)(C)C(C)(C)CNCC1CCNCC1. The van der Waals surface area contributed by atoms with E-state index in [0.29, 0.717) is 10.8 Å². The van der Waals surface area contributed by atoms with Crippen LogP contribution in [0.25, 0.3) is 0 Å². The highest BCUT2D eigenvalue weighted by atomic mass is 14.9. The molecule has 1 heterocycles. The molecule has 0 bridgehead atoms. The molecule has 0 spiro atoms. The van der Waals surface area contributed by atoms with E-state index in [2.05, 4.69) is 45.3 Å². The molecule has 0 aromatic carbocycles. The fourth-order valence-electron chi connectivity index (χ4n) is 1.94. The Morgan fingerprint density at radius 2 is 1.62 bits per heavy atom. The summed E-state index contributed by atoms with van der Waals surface area (Å²) in [6.45, 7) is 16.5. The summed E-state index contributed by atoms with van der Waals surface area (Å²) in [7, 11) is 0. The van der Waals surface area contributed by atoms with E-state index in [1.54, 1.807) is 0 Å². The van der Waals surface area contributed by atoms with Gasteiger partial charge < -0.3 is 10.6 Å². The minimum atomic E-state index is 0.361. The number of piperidine rings is 1. The highest BCUT2D eigenvalue weighted by Crippen LogP contribution is 2.37. The molecule has 2 heteroatoms. The molecule has 16 heavy (non-hydrogen) atoms. The van der Waals surface area contributed by atoms with Crippen LogP contribution in [0.1, 0.15) is 47.5 Å². The van der Waals surface area contributed by atoms with E-state index >= 15 is 0 Å². The first-order valence-electron chi connectivity index (χ1n) is 6.74. The molecule has 0 saturated carbocycles. The van der Waals surface area contributed by atoms with Crippen LogP contribution in [0.5, 0.6) is 0 Å². The Labute approximate surface area is 102 Å². The van der Waals surface area contributed by atoms with Crippen LogP contribution in [0, 0.1) is 16.7 Å². The summed E-state index contributed by atoms with van der Waals surface area (Å²) in [6, 6.07) is 0. The highest BCUT2D eigenvalue weighted by Gasteiger charge is 2.32. The van der Waals surface area contributed by atoms with E-state index < -0.39 is 0 Å². The largest absolute Gasteiger partial charge is 0.317 e. The summed E-state index contributed by atoms with van der Waals surface area (Å²) in [5.41, 5.74) is 0.730. The van der Waals surface area contributed by atoms with Gasteiger partial charge in [-0.05, 0) is 49.2 Å². The molecule has 2 N–H and O–H groups in total. The second kappa shape index (κ2) is 5.50. The van der Waals surface area contributed by atoms with Crippen LogP contribution in [0.4, 0.5) is 0 Å². The third-order valence-electron chi connectivity index (χ3n) is 4.49. The fourth-order valence-corrected chi connectivity index (χ4v) is 1.94. The Morgan fingerprint density at radius 3 is 2.12 bits per heavy atom. The molecule has 1 rings (SSSR count). The van der Waals surface area contributed by atoms with Gasteiger partial charge in [-0.1, -0.05) is 34.6 Å². The van der Waals surface area contributed by atoms with E-state index in [-0.39, 0.29) is 0 Å². The second-order valence-electron chi connectivity index (χ2n) is 6.96. The molecule has 0 aromatic heterocycles. The van der Waals surface area contributed by atoms with Crippen LogP contribution in [0.15, 0.2) is 0 Å². The maximum atomic E-state index is 3.67. The maximum Gasteiger partial charge on any atom is 0.000764 e. The third-order valence-corrected chi connectivity index (χ3v) is 4.49. The van der Waals surface area contributed by atoms with Gasteiger partial charge in [-0.2, -0.15) is 0 Å². The first-order chi connectivity index (χ1) is 7.33. The first-order valence-corrected chi connectivity index (χ1v) is 6.74. The standard InChI is InChI=1S/C14H30N2/c1-13(2,3)14(4,5)11-16-10-12-6-8-15-9-7-12/h12,15-16H,6-11H2,1-5H3. The van der Waals surface area contributed by atoms with E-state index in [4.69, 9.17) is 0 Å². The summed E-state index contributed by atoms with van der Waals surface area (Å²) < 4.78 is 0. The second-order valence-corrected chi connectivity index (χ2v) is 6.96. The Balaban J connectivity index is 2.23. The summed E-state index contributed by atoms with van der Waals surface area (Å²) in [4.78, 5) is 0. The van der Waals surface area contributed by atoms with Crippen LogP contribution >= 0.6 is 0 Å². The van der Waals surface area contributed by atoms with Crippen molar-refractivity contribution < 1.29 is 0 Å². The van der Waals surface area contributed by atoms with Crippen LogP contribution in [-0.2, 0) is 0 Å². The predicted molar refractivity (Wildman–Crippen MR) is 71.7 cm³/mol. The lowest BCUT2D eigenvalue weighted by atomic mass is 9.69. The van der Waals surface area contributed by atoms with Gasteiger partial charge in [-0.25, -0.2) is 0 Å². The zero-order valence-corrected chi connectivity index (χ0v) is 11.8. The van der Waals surface area contributed by atoms with E-state index in [0.717, 1.165) is 12.5 Å². The number of nitrogens with one attached hydrogen (secondary N) is 2. The quantitative estimate of drug-likeness (QED) is 0.770. The van der Waals surface area contributed by atoms with Crippen molar-refractivity contribution in [3.05, 3.63) is 0 Å². The van der Waals surface area contributed by atoms with Crippen LogP contribution in [0.2, 0.25) is 0 Å². The van der Waals surface area contributed by atoms with Gasteiger partial charge in [0.25, 0.3) is 0 Å². The average Bonchev–Trinajstić information content (AvgIpc) is 2.17. The molecule has 2 nitrogen and oxygen atoms in total. The van der Waals surface area contributed by atoms with Gasteiger partial charge in [0.2, 0.25) is 0 Å². The molecule has 0 radical (unpaired) electrons. The number of rotatable bonds is 4. The van der Waals surface area contributed by atoms with Crippen molar-refractivity contribution in [3.63, 3.8) is 0 Å². The van der Waals surface area contributed by atoms with E-state index in [9.17, 15) is 0 Å². The monoisotopic (exact) mass is 226 g/mol. The summed E-state index contributed by atoms with van der Waals surface area (Å²) in [6.07, 6.45) is 2.67. The van der Waals surface area contributed by atoms with Gasteiger partial charge in [-0.15, -0.1) is 0 Å². The van der Waals surface area contributed by atoms with Crippen molar-refractivity contribution in [2.75, 3.05) is 26.2 Å². The van der Waals surface area contributed by atoms with Crippen molar-refractivity contribution in [2.45, 2.75) is 47.5 Å². The molecule has 96 valence electrons. The Kier molecular flexibility index (Phi) is 4.81. The van der Waals surface area contributed by atoms with Crippen LogP contribution in [-0.4, -0.2) is 26.2 Å². The molecule has 0 amide bonds. The molecule has 1 saturated heterocycles.